The molecule has 36 heavy (non-hydrogen) atoms. The number of nitrogens with zero attached hydrogens (tertiary/aromatic N) is 2. The van der Waals surface area contributed by atoms with Crippen LogP contribution in [0.2, 0.25) is 0 Å². The SMILES string of the molecule is CCOc1cccc(/C(O)=C2\C(=O)C(=O)N(c3nc4c(C)cc(C)cc4s3)C2c2ccc(C)cc2)c1. The van der Waals surface area contributed by atoms with Crippen molar-refractivity contribution in [2.24, 2.45) is 0 Å². The summed E-state index contributed by atoms with van der Waals surface area (Å²) in [4.78, 5) is 33.1. The van der Waals surface area contributed by atoms with Gasteiger partial charge in [-0.1, -0.05) is 59.4 Å². The zero-order valence-corrected chi connectivity index (χ0v) is 21.3. The Hall–Kier alpha value is -3.97. The van der Waals surface area contributed by atoms with Gasteiger partial charge in [0.25, 0.3) is 5.78 Å². The molecule has 4 aromatic rings. The van der Waals surface area contributed by atoms with Crippen molar-refractivity contribution >= 4 is 44.1 Å². The monoisotopic (exact) mass is 498 g/mol. The quantitative estimate of drug-likeness (QED) is 0.200. The van der Waals surface area contributed by atoms with E-state index < -0.39 is 17.7 Å². The first-order chi connectivity index (χ1) is 17.3. The molecule has 0 spiro atoms. The number of aliphatic hydroxyl groups excluding tert-OH is 1. The van der Waals surface area contributed by atoms with E-state index >= 15 is 0 Å². The number of Topliss-reactive ketones (excluding diaryl/α,β-unsaturated/α-hetero) is 1. The Morgan fingerprint density at radius 2 is 1.78 bits per heavy atom. The first kappa shape index (κ1) is 23.8. The van der Waals surface area contributed by atoms with E-state index in [0.29, 0.717) is 23.1 Å². The topological polar surface area (TPSA) is 79.7 Å². The van der Waals surface area contributed by atoms with Gasteiger partial charge in [0.2, 0.25) is 0 Å². The molecule has 1 fully saturated rings. The summed E-state index contributed by atoms with van der Waals surface area (Å²) in [6.45, 7) is 8.31. The van der Waals surface area contributed by atoms with Crippen LogP contribution < -0.4 is 9.64 Å². The van der Waals surface area contributed by atoms with Crippen LogP contribution in [0.1, 0.15) is 40.8 Å². The summed E-state index contributed by atoms with van der Waals surface area (Å²) in [7, 11) is 0. The van der Waals surface area contributed by atoms with E-state index in [1.807, 2.05) is 64.1 Å². The largest absolute Gasteiger partial charge is 0.507 e. The van der Waals surface area contributed by atoms with E-state index in [0.717, 1.165) is 32.5 Å². The fourth-order valence-electron chi connectivity index (χ4n) is 4.61. The lowest BCUT2D eigenvalue weighted by Crippen LogP contribution is -2.29. The number of carbonyl (C=O) groups excluding carboxylic acids is 2. The van der Waals surface area contributed by atoms with Gasteiger partial charge in [-0.05, 0) is 62.6 Å². The summed E-state index contributed by atoms with van der Waals surface area (Å²) >= 11 is 1.37. The standard InChI is InChI=1S/C29H26N2O4S/c1-5-35-21-8-6-7-20(15-21)26(32)23-25(19-11-9-16(2)10-12-19)31(28(34)27(23)33)29-30-24-18(4)13-17(3)14-22(24)36-29/h6-15,25,32H,5H2,1-4H3/b26-23+. The third-order valence-corrected chi connectivity index (χ3v) is 7.28. The molecule has 5 rings (SSSR count). The lowest BCUT2D eigenvalue weighted by Gasteiger charge is -2.23. The predicted molar refractivity (Wildman–Crippen MR) is 143 cm³/mol. The van der Waals surface area contributed by atoms with Crippen LogP contribution in [0.3, 0.4) is 0 Å². The molecule has 7 heteroatoms. The van der Waals surface area contributed by atoms with Crippen molar-refractivity contribution in [1.29, 1.82) is 0 Å². The summed E-state index contributed by atoms with van der Waals surface area (Å²) in [6, 6.07) is 17.8. The Morgan fingerprint density at radius 1 is 1.03 bits per heavy atom. The summed E-state index contributed by atoms with van der Waals surface area (Å²) < 4.78 is 6.51. The number of hydrogen-bond acceptors (Lipinski definition) is 6. The highest BCUT2D eigenvalue weighted by molar-refractivity contribution is 7.22. The van der Waals surface area contributed by atoms with Crippen LogP contribution >= 0.6 is 11.3 Å². The van der Waals surface area contributed by atoms with E-state index in [-0.39, 0.29) is 11.3 Å². The number of aliphatic hydroxyl groups is 1. The third-order valence-electron chi connectivity index (χ3n) is 6.28. The van der Waals surface area contributed by atoms with E-state index in [1.54, 1.807) is 24.3 Å². The van der Waals surface area contributed by atoms with Gasteiger partial charge in [0.05, 0.1) is 28.4 Å². The maximum absolute atomic E-state index is 13.5. The number of carbonyl (C=O) groups is 2. The van der Waals surface area contributed by atoms with Crippen molar-refractivity contribution in [3.8, 4) is 5.75 Å². The summed E-state index contributed by atoms with van der Waals surface area (Å²) in [5, 5.41) is 11.8. The van der Waals surface area contributed by atoms with Gasteiger partial charge in [-0.15, -0.1) is 0 Å². The second-order valence-electron chi connectivity index (χ2n) is 8.97. The molecule has 1 N–H and O–H groups in total. The van der Waals surface area contributed by atoms with Crippen molar-refractivity contribution in [2.75, 3.05) is 11.5 Å². The normalized spacial score (nSPS) is 17.2. The van der Waals surface area contributed by atoms with Gasteiger partial charge in [-0.3, -0.25) is 14.5 Å². The van der Waals surface area contributed by atoms with Crippen molar-refractivity contribution in [1.82, 2.24) is 4.98 Å². The number of benzene rings is 3. The zero-order valence-electron chi connectivity index (χ0n) is 20.5. The van der Waals surface area contributed by atoms with Crippen LogP contribution in [-0.4, -0.2) is 28.4 Å². The molecule has 1 aliphatic rings. The number of aryl methyl sites for hydroxylation is 3. The van der Waals surface area contributed by atoms with Gasteiger partial charge < -0.3 is 9.84 Å². The third kappa shape index (κ3) is 4.05. The molecule has 0 bridgehead atoms. The fraction of sp³-hybridized carbons (Fsp3) is 0.207. The summed E-state index contributed by atoms with van der Waals surface area (Å²) in [6.07, 6.45) is 0. The Kier molecular flexibility index (Phi) is 6.10. The molecule has 1 aromatic heterocycles. The molecule has 0 radical (unpaired) electrons. The minimum Gasteiger partial charge on any atom is -0.507 e. The van der Waals surface area contributed by atoms with Gasteiger partial charge in [-0.25, -0.2) is 4.98 Å². The highest BCUT2D eigenvalue weighted by Crippen LogP contribution is 2.45. The number of aromatic nitrogens is 1. The van der Waals surface area contributed by atoms with Crippen molar-refractivity contribution in [3.05, 3.63) is 94.1 Å². The first-order valence-electron chi connectivity index (χ1n) is 11.8. The van der Waals surface area contributed by atoms with E-state index in [4.69, 9.17) is 9.72 Å². The lowest BCUT2D eigenvalue weighted by molar-refractivity contribution is -0.132. The first-order valence-corrected chi connectivity index (χ1v) is 12.6. The molecule has 1 aliphatic heterocycles. The number of anilines is 1. The van der Waals surface area contributed by atoms with Gasteiger partial charge in [0.15, 0.2) is 5.13 Å². The average Bonchev–Trinajstić information content (AvgIpc) is 3.38. The molecule has 3 aromatic carbocycles. The van der Waals surface area contributed by atoms with Gasteiger partial charge in [-0.2, -0.15) is 0 Å². The van der Waals surface area contributed by atoms with Crippen molar-refractivity contribution < 1.29 is 19.4 Å². The molecule has 1 amide bonds. The summed E-state index contributed by atoms with van der Waals surface area (Å²) in [5.41, 5.74) is 5.11. The minimum absolute atomic E-state index is 0.0321. The number of fused-ring (bicyclic) bond motifs is 1. The van der Waals surface area contributed by atoms with Crippen molar-refractivity contribution in [2.45, 2.75) is 33.7 Å². The van der Waals surface area contributed by atoms with Gasteiger partial charge in [0, 0.05) is 5.56 Å². The molecule has 1 saturated heterocycles. The maximum Gasteiger partial charge on any atom is 0.301 e. The maximum atomic E-state index is 13.5. The molecule has 2 heterocycles. The number of thiazole rings is 1. The van der Waals surface area contributed by atoms with Crippen LogP contribution in [-0.2, 0) is 9.59 Å². The number of ether oxygens (including phenoxy) is 1. The molecule has 182 valence electrons. The van der Waals surface area contributed by atoms with Crippen LogP contribution in [0.5, 0.6) is 5.75 Å². The average molecular weight is 499 g/mol. The predicted octanol–water partition coefficient (Wildman–Crippen LogP) is 6.25. The van der Waals surface area contributed by atoms with Crippen molar-refractivity contribution in [3.63, 3.8) is 0 Å². The Balaban J connectivity index is 1.72. The molecular weight excluding hydrogens is 472 g/mol. The van der Waals surface area contributed by atoms with E-state index in [2.05, 4.69) is 0 Å². The van der Waals surface area contributed by atoms with Crippen LogP contribution in [0.4, 0.5) is 5.13 Å². The molecule has 0 aliphatic carbocycles. The Morgan fingerprint density at radius 3 is 2.50 bits per heavy atom. The second kappa shape index (κ2) is 9.24. The molecule has 0 saturated carbocycles. The second-order valence-corrected chi connectivity index (χ2v) is 9.97. The molecule has 1 atom stereocenters. The molecule has 6 nitrogen and oxygen atoms in total. The zero-order chi connectivity index (χ0) is 25.6. The van der Waals surface area contributed by atoms with E-state index in [9.17, 15) is 14.7 Å². The van der Waals surface area contributed by atoms with E-state index in [1.165, 1.54) is 16.2 Å². The Bertz CT molecular complexity index is 1530. The van der Waals surface area contributed by atoms with Crippen LogP contribution in [0.25, 0.3) is 16.0 Å². The highest BCUT2D eigenvalue weighted by Gasteiger charge is 2.48. The highest BCUT2D eigenvalue weighted by atomic mass is 32.1. The molecular formula is C29H26N2O4S. The van der Waals surface area contributed by atoms with Gasteiger partial charge >= 0.3 is 5.91 Å². The lowest BCUT2D eigenvalue weighted by atomic mass is 9.95. The fourth-order valence-corrected chi connectivity index (χ4v) is 5.78. The van der Waals surface area contributed by atoms with Crippen LogP contribution in [0.15, 0.2) is 66.2 Å². The number of ketones is 1. The van der Waals surface area contributed by atoms with Crippen LogP contribution in [0, 0.1) is 20.8 Å². The summed E-state index contributed by atoms with van der Waals surface area (Å²) in [5.74, 6) is -1.13. The Labute approximate surface area is 213 Å². The molecule has 1 unspecified atom stereocenters. The number of rotatable bonds is 5. The minimum atomic E-state index is -0.816. The number of hydrogen-bond donors (Lipinski definition) is 1. The van der Waals surface area contributed by atoms with Gasteiger partial charge in [0.1, 0.15) is 11.5 Å². The number of amides is 1. The smallest absolute Gasteiger partial charge is 0.301 e.